The maximum atomic E-state index is 5.14. The molecule has 1 N–H and O–H groups in total. The Hall–Kier alpha value is -3.25. The van der Waals surface area contributed by atoms with E-state index in [1.807, 2.05) is 68.1 Å². The summed E-state index contributed by atoms with van der Waals surface area (Å²) in [6.45, 7) is 0.897. The van der Waals surface area contributed by atoms with Gasteiger partial charge in [0.1, 0.15) is 5.75 Å². The van der Waals surface area contributed by atoms with Crippen LogP contribution in [-0.4, -0.2) is 33.7 Å². The lowest BCUT2D eigenvalue weighted by atomic mass is 10.1. The fourth-order valence-electron chi connectivity index (χ4n) is 2.51. The van der Waals surface area contributed by atoms with Gasteiger partial charge in [-0.25, -0.2) is 9.50 Å². The molecule has 0 saturated heterocycles. The van der Waals surface area contributed by atoms with E-state index in [9.17, 15) is 0 Å². The number of fused-ring (bicyclic) bond motifs is 1. The van der Waals surface area contributed by atoms with Gasteiger partial charge in [-0.05, 0) is 42.4 Å². The molecule has 6 heteroatoms. The first-order chi connectivity index (χ1) is 12.8. The van der Waals surface area contributed by atoms with Crippen molar-refractivity contribution in [2.45, 2.75) is 6.54 Å². The van der Waals surface area contributed by atoms with Crippen LogP contribution in [0.25, 0.3) is 16.8 Å². The zero-order valence-corrected chi connectivity index (χ0v) is 14.8. The number of benzene rings is 1. The smallest absolute Gasteiger partial charge is 0.162 e. The van der Waals surface area contributed by atoms with Crippen molar-refractivity contribution in [2.24, 2.45) is 0 Å². The van der Waals surface area contributed by atoms with Crippen LogP contribution in [0.2, 0.25) is 0 Å². The standard InChI is InChI=1S/C13H11N3O.C7H10N2.H2/c1-17-11-5-3-10(4-6-11)12-9-15-16-8-2-7-14-13(12)16;1-8-5-7-3-2-4-9-6-7;/h2-9H,1H3;2-4,6,8H,5H2,1H3;1H. The van der Waals surface area contributed by atoms with Crippen LogP contribution < -0.4 is 10.1 Å². The Morgan fingerprint density at radius 3 is 2.62 bits per heavy atom. The van der Waals surface area contributed by atoms with Gasteiger partial charge < -0.3 is 10.1 Å². The van der Waals surface area contributed by atoms with Gasteiger partial charge in [0.05, 0.1) is 13.3 Å². The highest BCUT2D eigenvalue weighted by Crippen LogP contribution is 2.24. The first-order valence-corrected chi connectivity index (χ1v) is 8.28. The van der Waals surface area contributed by atoms with Crippen molar-refractivity contribution in [2.75, 3.05) is 14.2 Å². The van der Waals surface area contributed by atoms with Crippen LogP contribution in [0, 0.1) is 0 Å². The Morgan fingerprint density at radius 1 is 1.08 bits per heavy atom. The molecule has 0 radical (unpaired) electrons. The van der Waals surface area contributed by atoms with Crippen LogP contribution in [0.5, 0.6) is 5.75 Å². The molecule has 0 unspecified atom stereocenters. The number of rotatable bonds is 4. The molecule has 0 saturated carbocycles. The lowest BCUT2D eigenvalue weighted by Gasteiger charge is -2.01. The van der Waals surface area contributed by atoms with Crippen LogP contribution in [0.3, 0.4) is 0 Å². The maximum absolute atomic E-state index is 5.14. The SMILES string of the molecule is CNCc1cccnc1.COc1ccc(-c2cnn3cccnc23)cc1.[HH]. The summed E-state index contributed by atoms with van der Waals surface area (Å²) in [4.78, 5) is 8.29. The van der Waals surface area contributed by atoms with Crippen LogP contribution in [0.15, 0.2) is 73.4 Å². The van der Waals surface area contributed by atoms with Crippen molar-refractivity contribution in [1.82, 2.24) is 24.9 Å². The normalized spacial score (nSPS) is 10.2. The van der Waals surface area contributed by atoms with Crippen molar-refractivity contribution in [3.05, 3.63) is 79.0 Å². The van der Waals surface area contributed by atoms with Gasteiger partial charge in [-0.1, -0.05) is 18.2 Å². The van der Waals surface area contributed by atoms with Gasteiger partial charge >= 0.3 is 0 Å². The van der Waals surface area contributed by atoms with Gasteiger partial charge in [0, 0.05) is 38.3 Å². The predicted molar refractivity (Wildman–Crippen MR) is 104 cm³/mol. The molecular weight excluding hydrogens is 326 g/mol. The van der Waals surface area contributed by atoms with E-state index in [0.29, 0.717) is 0 Å². The van der Waals surface area contributed by atoms with Gasteiger partial charge in [0.25, 0.3) is 0 Å². The van der Waals surface area contributed by atoms with Crippen molar-refractivity contribution < 1.29 is 6.16 Å². The number of aromatic nitrogens is 4. The second-order valence-electron chi connectivity index (χ2n) is 5.57. The zero-order chi connectivity index (χ0) is 18.2. The Balaban J connectivity index is 0.000000224. The molecule has 3 heterocycles. The van der Waals surface area contributed by atoms with E-state index in [0.717, 1.165) is 29.1 Å². The molecule has 4 aromatic rings. The largest absolute Gasteiger partial charge is 0.497 e. The summed E-state index contributed by atoms with van der Waals surface area (Å²) >= 11 is 0. The third kappa shape index (κ3) is 4.23. The summed E-state index contributed by atoms with van der Waals surface area (Å²) < 4.78 is 6.90. The second kappa shape index (κ2) is 8.73. The lowest BCUT2D eigenvalue weighted by Crippen LogP contribution is -2.04. The first kappa shape index (κ1) is 17.6. The minimum Gasteiger partial charge on any atom is -0.497 e. The van der Waals surface area contributed by atoms with Crippen molar-refractivity contribution >= 4 is 5.65 Å². The van der Waals surface area contributed by atoms with Crippen molar-refractivity contribution in [3.63, 3.8) is 0 Å². The predicted octanol–water partition coefficient (Wildman–Crippen LogP) is 3.45. The zero-order valence-electron chi connectivity index (χ0n) is 14.8. The molecule has 6 nitrogen and oxygen atoms in total. The first-order valence-electron chi connectivity index (χ1n) is 8.28. The van der Waals surface area contributed by atoms with E-state index >= 15 is 0 Å². The van der Waals surface area contributed by atoms with E-state index in [1.165, 1.54) is 5.56 Å². The maximum Gasteiger partial charge on any atom is 0.162 e. The van der Waals surface area contributed by atoms with Crippen molar-refractivity contribution in [3.8, 4) is 16.9 Å². The number of pyridine rings is 1. The van der Waals surface area contributed by atoms with Crippen molar-refractivity contribution in [1.29, 1.82) is 0 Å². The molecule has 0 amide bonds. The Kier molecular flexibility index (Phi) is 5.90. The highest BCUT2D eigenvalue weighted by molar-refractivity contribution is 5.76. The fraction of sp³-hybridized carbons (Fsp3) is 0.150. The monoisotopic (exact) mass is 349 g/mol. The van der Waals surface area contributed by atoms with E-state index < -0.39 is 0 Å². The number of nitrogens with one attached hydrogen (secondary N) is 1. The number of nitrogens with zero attached hydrogens (tertiary/aromatic N) is 4. The van der Waals surface area contributed by atoms with Crippen LogP contribution in [-0.2, 0) is 6.54 Å². The summed E-state index contributed by atoms with van der Waals surface area (Å²) in [6.07, 6.45) is 9.11. The van der Waals surface area contributed by atoms with E-state index in [4.69, 9.17) is 4.74 Å². The number of methoxy groups -OCH3 is 1. The summed E-state index contributed by atoms with van der Waals surface area (Å²) in [5, 5.41) is 7.30. The molecule has 3 aromatic heterocycles. The molecule has 26 heavy (non-hydrogen) atoms. The van der Waals surface area contributed by atoms with Crippen LogP contribution >= 0.6 is 0 Å². The van der Waals surface area contributed by atoms with Gasteiger partial charge in [-0.2, -0.15) is 5.10 Å². The van der Waals surface area contributed by atoms with E-state index in [-0.39, 0.29) is 1.43 Å². The van der Waals surface area contributed by atoms with Crippen LogP contribution in [0.1, 0.15) is 6.99 Å². The van der Waals surface area contributed by atoms with Gasteiger partial charge in [0.2, 0.25) is 0 Å². The molecule has 0 atom stereocenters. The average molecular weight is 349 g/mol. The third-order valence-electron chi connectivity index (χ3n) is 3.78. The fourth-order valence-corrected chi connectivity index (χ4v) is 2.51. The molecular formula is C20H23N5O. The van der Waals surface area contributed by atoms with Gasteiger partial charge in [0.15, 0.2) is 5.65 Å². The molecule has 134 valence electrons. The average Bonchev–Trinajstić information content (AvgIpc) is 3.14. The van der Waals surface area contributed by atoms with Gasteiger partial charge in [-0.15, -0.1) is 0 Å². The Labute approximate surface area is 154 Å². The molecule has 0 aliphatic carbocycles. The lowest BCUT2D eigenvalue weighted by molar-refractivity contribution is 0.415. The molecule has 0 bridgehead atoms. The molecule has 0 aliphatic heterocycles. The molecule has 0 fully saturated rings. The molecule has 4 rings (SSSR count). The number of hydrogen-bond acceptors (Lipinski definition) is 5. The Bertz CT molecular complexity index is 941. The highest BCUT2D eigenvalue weighted by Gasteiger charge is 2.06. The summed E-state index contributed by atoms with van der Waals surface area (Å²) in [6, 6.07) is 13.7. The molecule has 0 aliphatic rings. The Morgan fingerprint density at radius 2 is 1.92 bits per heavy atom. The summed E-state index contributed by atoms with van der Waals surface area (Å²) in [5.74, 6) is 0.846. The van der Waals surface area contributed by atoms with E-state index in [1.54, 1.807) is 24.0 Å². The molecule has 0 spiro atoms. The van der Waals surface area contributed by atoms with Gasteiger partial charge in [-0.3, -0.25) is 4.98 Å². The highest BCUT2D eigenvalue weighted by atomic mass is 16.5. The number of ether oxygens (including phenoxy) is 1. The molecule has 1 aromatic carbocycles. The third-order valence-corrected chi connectivity index (χ3v) is 3.78. The summed E-state index contributed by atoms with van der Waals surface area (Å²) in [5.41, 5.74) is 4.19. The second-order valence-corrected chi connectivity index (χ2v) is 5.57. The minimum atomic E-state index is 0. The minimum absolute atomic E-state index is 0. The topological polar surface area (TPSA) is 64.3 Å². The van der Waals surface area contributed by atoms with Crippen LogP contribution in [0.4, 0.5) is 0 Å². The number of hydrogen-bond donors (Lipinski definition) is 1. The van der Waals surface area contributed by atoms with E-state index in [2.05, 4.69) is 20.4 Å². The summed E-state index contributed by atoms with van der Waals surface area (Å²) in [7, 11) is 3.58. The quantitative estimate of drug-likeness (QED) is 0.611.